The summed E-state index contributed by atoms with van der Waals surface area (Å²) < 4.78 is 5.65. The largest absolute Gasteiger partial charge is 0.464 e. The zero-order chi connectivity index (χ0) is 14.1. The highest BCUT2D eigenvalue weighted by molar-refractivity contribution is 7.10. The van der Waals surface area contributed by atoms with Gasteiger partial charge in [-0.05, 0) is 36.4 Å². The molecule has 0 saturated carbocycles. The number of furan rings is 1. The van der Waals surface area contributed by atoms with Gasteiger partial charge in [-0.15, -0.1) is 11.3 Å². The van der Waals surface area contributed by atoms with Crippen molar-refractivity contribution in [1.29, 1.82) is 0 Å². The first-order valence-electron chi connectivity index (χ1n) is 6.55. The number of hydrogen-bond donors (Lipinski definition) is 2. The molecule has 106 valence electrons. The molecule has 0 aromatic carbocycles. The summed E-state index contributed by atoms with van der Waals surface area (Å²) >= 11 is 1.83. The Morgan fingerprint density at radius 1 is 1.60 bits per heavy atom. The minimum atomic E-state index is -0.309. The van der Waals surface area contributed by atoms with Crippen LogP contribution in [0.25, 0.3) is 0 Å². The molecule has 1 aliphatic rings. The molecule has 0 fully saturated rings. The van der Waals surface area contributed by atoms with Crippen molar-refractivity contribution >= 4 is 17.2 Å². The maximum Gasteiger partial charge on any atom is 0.268 e. The molecular weight excluding hydrogens is 274 g/mol. The van der Waals surface area contributed by atoms with Gasteiger partial charge in [0.25, 0.3) is 5.91 Å². The lowest BCUT2D eigenvalue weighted by atomic mass is 10.1. The molecule has 0 spiro atoms. The summed E-state index contributed by atoms with van der Waals surface area (Å²) in [6, 6.07) is 3.97. The molecule has 0 bridgehead atoms. The SMILES string of the molecule is Cc1oc(CN2CCc3sccc3C2)cc1C(=O)NN. The summed E-state index contributed by atoms with van der Waals surface area (Å²) in [6.45, 7) is 4.46. The lowest BCUT2D eigenvalue weighted by Gasteiger charge is -2.25. The highest BCUT2D eigenvalue weighted by Gasteiger charge is 2.20. The molecule has 3 heterocycles. The van der Waals surface area contributed by atoms with E-state index in [9.17, 15) is 4.79 Å². The van der Waals surface area contributed by atoms with E-state index < -0.39 is 0 Å². The predicted octanol–water partition coefficient (Wildman–Crippen LogP) is 1.81. The number of amides is 1. The lowest BCUT2D eigenvalue weighted by Crippen LogP contribution is -2.30. The van der Waals surface area contributed by atoms with Crippen LogP contribution in [0.1, 0.15) is 32.3 Å². The van der Waals surface area contributed by atoms with Crippen molar-refractivity contribution in [1.82, 2.24) is 10.3 Å². The Labute approximate surface area is 121 Å². The highest BCUT2D eigenvalue weighted by Crippen LogP contribution is 2.25. The molecule has 1 aliphatic heterocycles. The Hall–Kier alpha value is -1.63. The van der Waals surface area contributed by atoms with Crippen LogP contribution in [0.5, 0.6) is 0 Å². The Morgan fingerprint density at radius 3 is 3.25 bits per heavy atom. The van der Waals surface area contributed by atoms with Crippen LogP contribution in [0, 0.1) is 6.92 Å². The third-order valence-electron chi connectivity index (χ3n) is 3.61. The van der Waals surface area contributed by atoms with Crippen LogP contribution in [0.2, 0.25) is 0 Å². The number of nitrogens with one attached hydrogen (secondary N) is 1. The van der Waals surface area contributed by atoms with Crippen molar-refractivity contribution in [2.45, 2.75) is 26.4 Å². The monoisotopic (exact) mass is 291 g/mol. The van der Waals surface area contributed by atoms with Crippen molar-refractivity contribution in [3.8, 4) is 0 Å². The topological polar surface area (TPSA) is 71.5 Å². The minimum absolute atomic E-state index is 0.309. The van der Waals surface area contributed by atoms with E-state index in [4.69, 9.17) is 10.3 Å². The number of hydrazine groups is 1. The second kappa shape index (κ2) is 5.40. The van der Waals surface area contributed by atoms with Crippen LogP contribution >= 0.6 is 11.3 Å². The quantitative estimate of drug-likeness (QED) is 0.514. The number of nitrogen functional groups attached to an aromatic ring is 1. The van der Waals surface area contributed by atoms with E-state index in [0.29, 0.717) is 17.9 Å². The fraction of sp³-hybridized carbons (Fsp3) is 0.357. The van der Waals surface area contributed by atoms with Gasteiger partial charge < -0.3 is 4.42 Å². The molecule has 0 unspecified atom stereocenters. The Morgan fingerprint density at radius 2 is 2.45 bits per heavy atom. The zero-order valence-electron chi connectivity index (χ0n) is 11.3. The molecule has 2 aromatic rings. The van der Waals surface area contributed by atoms with E-state index >= 15 is 0 Å². The molecule has 3 N–H and O–H groups in total. The fourth-order valence-electron chi connectivity index (χ4n) is 2.59. The molecular formula is C14H17N3O2S. The molecule has 5 nitrogen and oxygen atoms in total. The standard InChI is InChI=1S/C14H17N3O2S/c1-9-12(14(18)16-15)6-11(19-9)8-17-4-2-13-10(7-17)3-5-20-13/h3,5-6H,2,4,7-8,15H2,1H3,(H,16,18). The van der Waals surface area contributed by atoms with Gasteiger partial charge in [-0.3, -0.25) is 15.1 Å². The summed E-state index contributed by atoms with van der Waals surface area (Å²) in [4.78, 5) is 15.4. The molecule has 6 heteroatoms. The fourth-order valence-corrected chi connectivity index (χ4v) is 3.48. The van der Waals surface area contributed by atoms with Gasteiger partial charge in [-0.25, -0.2) is 5.84 Å². The average Bonchev–Trinajstić information content (AvgIpc) is 3.04. The molecule has 0 radical (unpaired) electrons. The zero-order valence-corrected chi connectivity index (χ0v) is 12.1. The third-order valence-corrected chi connectivity index (χ3v) is 4.63. The molecule has 0 atom stereocenters. The number of nitrogens with two attached hydrogens (primary N) is 1. The van der Waals surface area contributed by atoms with E-state index in [0.717, 1.165) is 25.3 Å². The number of thiophene rings is 1. The second-order valence-electron chi connectivity index (χ2n) is 4.99. The van der Waals surface area contributed by atoms with E-state index in [2.05, 4.69) is 21.8 Å². The number of hydrogen-bond acceptors (Lipinski definition) is 5. The molecule has 2 aromatic heterocycles. The normalized spacial score (nSPS) is 15.1. The Kier molecular flexibility index (Phi) is 3.60. The summed E-state index contributed by atoms with van der Waals surface area (Å²) in [7, 11) is 0. The van der Waals surface area contributed by atoms with Crippen molar-refractivity contribution in [3.63, 3.8) is 0 Å². The van der Waals surface area contributed by atoms with Crippen LogP contribution in [-0.2, 0) is 19.5 Å². The summed E-state index contributed by atoms with van der Waals surface area (Å²) in [6.07, 6.45) is 1.09. The van der Waals surface area contributed by atoms with E-state index in [1.54, 1.807) is 13.0 Å². The molecule has 3 rings (SSSR count). The van der Waals surface area contributed by atoms with Gasteiger partial charge in [-0.2, -0.15) is 0 Å². The first-order valence-corrected chi connectivity index (χ1v) is 7.43. The van der Waals surface area contributed by atoms with Crippen molar-refractivity contribution < 1.29 is 9.21 Å². The number of carbonyl (C=O) groups is 1. The maximum absolute atomic E-state index is 11.6. The number of carbonyl (C=O) groups excluding carboxylic acids is 1. The number of rotatable bonds is 3. The Balaban J connectivity index is 1.71. The Bertz CT molecular complexity index is 632. The summed E-state index contributed by atoms with van der Waals surface area (Å²) in [5.41, 5.74) is 4.05. The van der Waals surface area contributed by atoms with Gasteiger partial charge >= 0.3 is 0 Å². The number of fused-ring (bicyclic) bond motifs is 1. The predicted molar refractivity (Wildman–Crippen MR) is 77.2 cm³/mol. The van der Waals surface area contributed by atoms with Gasteiger partial charge in [0.2, 0.25) is 0 Å². The van der Waals surface area contributed by atoms with Gasteiger partial charge in [0, 0.05) is 18.0 Å². The average molecular weight is 291 g/mol. The number of aryl methyl sites for hydroxylation is 1. The van der Waals surface area contributed by atoms with Crippen LogP contribution in [0.4, 0.5) is 0 Å². The number of nitrogens with zero attached hydrogens (tertiary/aromatic N) is 1. The minimum Gasteiger partial charge on any atom is -0.464 e. The van der Waals surface area contributed by atoms with Crippen molar-refractivity contribution in [2.24, 2.45) is 5.84 Å². The smallest absolute Gasteiger partial charge is 0.268 e. The molecule has 20 heavy (non-hydrogen) atoms. The molecule has 0 saturated heterocycles. The van der Waals surface area contributed by atoms with Crippen LogP contribution in [-0.4, -0.2) is 17.4 Å². The van der Waals surface area contributed by atoms with Gasteiger partial charge in [0.05, 0.1) is 12.1 Å². The van der Waals surface area contributed by atoms with Gasteiger partial charge in [-0.1, -0.05) is 0 Å². The summed E-state index contributed by atoms with van der Waals surface area (Å²) in [5, 5.41) is 2.15. The van der Waals surface area contributed by atoms with Crippen LogP contribution in [0.15, 0.2) is 21.9 Å². The maximum atomic E-state index is 11.6. The first kappa shape index (κ1) is 13.4. The van der Waals surface area contributed by atoms with E-state index in [1.807, 2.05) is 11.3 Å². The summed E-state index contributed by atoms with van der Waals surface area (Å²) in [5.74, 6) is 6.26. The van der Waals surface area contributed by atoms with Crippen LogP contribution in [0.3, 0.4) is 0 Å². The van der Waals surface area contributed by atoms with E-state index in [1.165, 1.54) is 10.4 Å². The first-order chi connectivity index (χ1) is 9.67. The lowest BCUT2D eigenvalue weighted by molar-refractivity contribution is 0.0952. The van der Waals surface area contributed by atoms with Crippen molar-refractivity contribution in [3.05, 3.63) is 45.0 Å². The second-order valence-corrected chi connectivity index (χ2v) is 5.99. The van der Waals surface area contributed by atoms with Crippen molar-refractivity contribution in [2.75, 3.05) is 6.54 Å². The highest BCUT2D eigenvalue weighted by atomic mass is 32.1. The van der Waals surface area contributed by atoms with Gasteiger partial charge in [0.15, 0.2) is 0 Å². The van der Waals surface area contributed by atoms with E-state index in [-0.39, 0.29) is 5.91 Å². The van der Waals surface area contributed by atoms with Crippen LogP contribution < -0.4 is 11.3 Å². The van der Waals surface area contributed by atoms with Gasteiger partial charge in [0.1, 0.15) is 11.5 Å². The molecule has 1 amide bonds. The molecule has 0 aliphatic carbocycles. The third kappa shape index (κ3) is 2.49.